The van der Waals surface area contributed by atoms with Crippen LogP contribution in [0.2, 0.25) is 0 Å². The Labute approximate surface area is 162 Å². The number of hydrogen-bond acceptors (Lipinski definition) is 4. The molecule has 7 heteroatoms. The molecule has 2 aromatic heterocycles. The largest absolute Gasteiger partial charge is 0.477 e. The fourth-order valence-corrected chi connectivity index (χ4v) is 3.71. The van der Waals surface area contributed by atoms with E-state index in [0.717, 1.165) is 46.4 Å². The molecule has 28 heavy (non-hydrogen) atoms. The van der Waals surface area contributed by atoms with E-state index in [0.29, 0.717) is 5.39 Å². The molecule has 3 aromatic rings. The highest BCUT2D eigenvalue weighted by Gasteiger charge is 2.28. The van der Waals surface area contributed by atoms with Gasteiger partial charge in [-0.05, 0) is 55.5 Å². The molecule has 1 aromatic carbocycles. The van der Waals surface area contributed by atoms with Crippen molar-refractivity contribution in [2.45, 2.75) is 32.7 Å². The van der Waals surface area contributed by atoms with Crippen LogP contribution in [0.5, 0.6) is 0 Å². The van der Waals surface area contributed by atoms with E-state index in [2.05, 4.69) is 16.4 Å². The molecule has 0 bridgehead atoms. The summed E-state index contributed by atoms with van der Waals surface area (Å²) in [5.41, 5.74) is 4.20. The zero-order valence-corrected chi connectivity index (χ0v) is 16.0. The van der Waals surface area contributed by atoms with Crippen LogP contribution in [0.15, 0.2) is 35.4 Å². The Hall–Kier alpha value is -3.19. The highest BCUT2D eigenvalue weighted by molar-refractivity contribution is 5.95. The lowest BCUT2D eigenvalue weighted by Gasteiger charge is -2.17. The Morgan fingerprint density at radius 1 is 1.29 bits per heavy atom. The minimum atomic E-state index is -1.18. The van der Waals surface area contributed by atoms with Gasteiger partial charge in [0.15, 0.2) is 0 Å². The van der Waals surface area contributed by atoms with E-state index in [-0.39, 0.29) is 17.1 Å². The smallest absolute Gasteiger partial charge is 0.341 e. The standard InChI is InChI=1S/C21H21N3O3.H2O/c1-11-8-13(9-23-20(11)22-3)15-6-7-16-18(12(15)2)24(14-4-5-14)10-17(19(16)25)21(26)27;/h6-10,14H,4-5H2,1-3H3,(H,22,23)(H,26,27);1H2. The van der Waals surface area contributed by atoms with E-state index in [1.165, 1.54) is 6.20 Å². The van der Waals surface area contributed by atoms with Crippen molar-refractivity contribution >= 4 is 22.7 Å². The molecule has 0 saturated heterocycles. The van der Waals surface area contributed by atoms with Crippen LogP contribution in [-0.4, -0.2) is 33.2 Å². The molecule has 0 amide bonds. The summed E-state index contributed by atoms with van der Waals surface area (Å²) in [6.07, 6.45) is 5.32. The van der Waals surface area contributed by atoms with Gasteiger partial charge in [-0.1, -0.05) is 6.07 Å². The van der Waals surface area contributed by atoms with E-state index in [1.54, 1.807) is 6.07 Å². The van der Waals surface area contributed by atoms with Crippen LogP contribution < -0.4 is 10.7 Å². The van der Waals surface area contributed by atoms with Gasteiger partial charge in [-0.15, -0.1) is 0 Å². The Kier molecular flexibility index (Phi) is 4.95. The van der Waals surface area contributed by atoms with Crippen molar-refractivity contribution in [3.63, 3.8) is 0 Å². The molecule has 7 nitrogen and oxygen atoms in total. The molecule has 0 atom stereocenters. The minimum absolute atomic E-state index is 0. The number of aromatic carboxylic acids is 1. The lowest BCUT2D eigenvalue weighted by Crippen LogP contribution is -2.19. The molecule has 1 saturated carbocycles. The molecule has 1 aliphatic carbocycles. The number of carbonyl (C=O) groups is 1. The van der Waals surface area contributed by atoms with Crippen LogP contribution >= 0.6 is 0 Å². The van der Waals surface area contributed by atoms with Gasteiger partial charge in [0.1, 0.15) is 11.4 Å². The maximum absolute atomic E-state index is 12.7. The third-order valence-electron chi connectivity index (χ3n) is 5.24. The zero-order chi connectivity index (χ0) is 19.3. The molecule has 1 aliphatic rings. The molecule has 0 radical (unpaired) electrons. The van der Waals surface area contributed by atoms with Gasteiger partial charge >= 0.3 is 5.97 Å². The summed E-state index contributed by atoms with van der Waals surface area (Å²) in [5.74, 6) is -0.348. The molecule has 4 rings (SSSR count). The number of nitrogens with zero attached hydrogens (tertiary/aromatic N) is 2. The molecular weight excluding hydrogens is 358 g/mol. The van der Waals surface area contributed by atoms with Crippen molar-refractivity contribution < 1.29 is 15.4 Å². The van der Waals surface area contributed by atoms with Gasteiger partial charge in [0.05, 0.1) is 5.52 Å². The summed E-state index contributed by atoms with van der Waals surface area (Å²) in [7, 11) is 1.84. The second kappa shape index (κ2) is 7.09. The maximum atomic E-state index is 12.7. The number of rotatable bonds is 4. The third-order valence-corrected chi connectivity index (χ3v) is 5.24. The molecule has 146 valence electrons. The number of aromatic nitrogens is 2. The first-order valence-corrected chi connectivity index (χ1v) is 8.99. The van der Waals surface area contributed by atoms with Crippen molar-refractivity contribution in [3.8, 4) is 11.1 Å². The van der Waals surface area contributed by atoms with E-state index in [4.69, 9.17) is 0 Å². The number of anilines is 1. The van der Waals surface area contributed by atoms with Gasteiger partial charge in [0.25, 0.3) is 0 Å². The molecule has 1 fully saturated rings. The second-order valence-electron chi connectivity index (χ2n) is 7.09. The summed E-state index contributed by atoms with van der Waals surface area (Å²) in [6, 6.07) is 5.95. The fraction of sp³-hybridized carbons (Fsp3) is 0.286. The monoisotopic (exact) mass is 381 g/mol. The normalized spacial score (nSPS) is 13.2. The number of carboxylic acid groups (broad SMARTS) is 1. The van der Waals surface area contributed by atoms with Gasteiger partial charge in [-0.3, -0.25) is 4.79 Å². The SMILES string of the molecule is CNc1ncc(-c2ccc3c(=O)c(C(=O)O)cn(C4CC4)c3c2C)cc1C.O. The average molecular weight is 381 g/mol. The van der Waals surface area contributed by atoms with Crippen LogP contribution in [0.1, 0.15) is 40.4 Å². The number of carboxylic acids is 1. The molecule has 2 heterocycles. The highest BCUT2D eigenvalue weighted by atomic mass is 16.4. The predicted octanol–water partition coefficient (Wildman–Crippen LogP) is 2.93. The summed E-state index contributed by atoms with van der Waals surface area (Å²) in [6.45, 7) is 3.98. The van der Waals surface area contributed by atoms with Crippen LogP contribution in [0.4, 0.5) is 5.82 Å². The van der Waals surface area contributed by atoms with Gasteiger partial charge in [0.2, 0.25) is 5.43 Å². The average Bonchev–Trinajstić information content (AvgIpc) is 3.47. The number of fused-ring (bicyclic) bond motifs is 1. The Morgan fingerprint density at radius 3 is 2.57 bits per heavy atom. The van der Waals surface area contributed by atoms with Crippen molar-refractivity contribution in [1.82, 2.24) is 9.55 Å². The first-order chi connectivity index (χ1) is 12.9. The topological polar surface area (TPSA) is 116 Å². The van der Waals surface area contributed by atoms with Gasteiger partial charge in [-0.25, -0.2) is 9.78 Å². The summed E-state index contributed by atoms with van der Waals surface area (Å²) >= 11 is 0. The lowest BCUT2D eigenvalue weighted by molar-refractivity contribution is 0.0695. The van der Waals surface area contributed by atoms with Gasteiger partial charge in [0, 0.05) is 36.4 Å². The first kappa shape index (κ1) is 19.6. The van der Waals surface area contributed by atoms with Crippen molar-refractivity contribution in [1.29, 1.82) is 0 Å². The van der Waals surface area contributed by atoms with E-state index < -0.39 is 11.4 Å². The molecular formula is C21H23N3O4. The lowest BCUT2D eigenvalue weighted by atomic mass is 9.97. The number of hydrogen-bond donors (Lipinski definition) is 2. The molecule has 0 unspecified atom stereocenters. The summed E-state index contributed by atoms with van der Waals surface area (Å²) < 4.78 is 1.97. The maximum Gasteiger partial charge on any atom is 0.341 e. The molecule has 0 spiro atoms. The third kappa shape index (κ3) is 3.03. The quantitative estimate of drug-likeness (QED) is 0.721. The Balaban J connectivity index is 0.00000225. The van der Waals surface area contributed by atoms with E-state index in [9.17, 15) is 14.7 Å². The summed E-state index contributed by atoms with van der Waals surface area (Å²) in [4.78, 5) is 28.7. The number of pyridine rings is 2. The minimum Gasteiger partial charge on any atom is -0.477 e. The summed E-state index contributed by atoms with van der Waals surface area (Å²) in [5, 5.41) is 12.9. The van der Waals surface area contributed by atoms with Crippen LogP contribution in [-0.2, 0) is 0 Å². The number of aryl methyl sites for hydroxylation is 2. The van der Waals surface area contributed by atoms with Gasteiger partial charge in [-0.2, -0.15) is 0 Å². The first-order valence-electron chi connectivity index (χ1n) is 8.99. The fourth-order valence-electron chi connectivity index (χ4n) is 3.71. The molecule has 4 N–H and O–H groups in total. The Bertz CT molecular complexity index is 1150. The van der Waals surface area contributed by atoms with Gasteiger partial charge < -0.3 is 20.5 Å². The number of benzene rings is 1. The predicted molar refractivity (Wildman–Crippen MR) is 109 cm³/mol. The van der Waals surface area contributed by atoms with E-state index in [1.807, 2.05) is 37.7 Å². The van der Waals surface area contributed by atoms with Crippen LogP contribution in [0, 0.1) is 13.8 Å². The van der Waals surface area contributed by atoms with Crippen LogP contribution in [0.3, 0.4) is 0 Å². The second-order valence-corrected chi connectivity index (χ2v) is 7.09. The highest BCUT2D eigenvalue weighted by Crippen LogP contribution is 2.39. The number of nitrogens with one attached hydrogen (secondary N) is 1. The van der Waals surface area contributed by atoms with Crippen LogP contribution in [0.25, 0.3) is 22.0 Å². The van der Waals surface area contributed by atoms with Crippen molar-refractivity contribution in [2.75, 3.05) is 12.4 Å². The molecule has 0 aliphatic heterocycles. The van der Waals surface area contributed by atoms with E-state index >= 15 is 0 Å². The zero-order valence-electron chi connectivity index (χ0n) is 16.0. The Morgan fingerprint density at radius 2 is 2.00 bits per heavy atom. The van der Waals surface area contributed by atoms with Crippen molar-refractivity contribution in [3.05, 3.63) is 57.5 Å². The van der Waals surface area contributed by atoms with Crippen molar-refractivity contribution in [2.24, 2.45) is 0 Å².